The Hall–Kier alpha value is -2.94. The van der Waals surface area contributed by atoms with Gasteiger partial charge in [-0.15, -0.1) is 0 Å². The van der Waals surface area contributed by atoms with Crippen molar-refractivity contribution in [3.8, 4) is 5.75 Å². The molecule has 4 aliphatic rings. The first-order chi connectivity index (χ1) is 18.5. The highest BCUT2D eigenvalue weighted by Gasteiger charge is 2.41. The molecule has 8 nitrogen and oxygen atoms in total. The zero-order valence-corrected chi connectivity index (χ0v) is 22.1. The van der Waals surface area contributed by atoms with Crippen molar-refractivity contribution in [1.82, 2.24) is 14.7 Å². The number of amides is 2. The lowest BCUT2D eigenvalue weighted by Crippen LogP contribution is -2.56. The highest BCUT2D eigenvalue weighted by Crippen LogP contribution is 2.32. The van der Waals surface area contributed by atoms with Crippen LogP contribution in [0, 0.1) is 0 Å². The van der Waals surface area contributed by atoms with Gasteiger partial charge in [-0.25, -0.2) is 0 Å². The second-order valence-electron chi connectivity index (χ2n) is 10.9. The summed E-state index contributed by atoms with van der Waals surface area (Å²) in [6.07, 6.45) is 3.01. The van der Waals surface area contributed by atoms with Gasteiger partial charge in [-0.3, -0.25) is 14.5 Å². The molecule has 0 aromatic heterocycles. The highest BCUT2D eigenvalue weighted by atomic mass is 16.5. The molecule has 2 aromatic carbocycles. The van der Waals surface area contributed by atoms with Crippen molar-refractivity contribution >= 4 is 11.8 Å². The number of rotatable bonds is 5. The fraction of sp³-hybridized carbons (Fsp3) is 0.533. The molecule has 2 aromatic rings. The molecule has 2 bridgehead atoms. The van der Waals surface area contributed by atoms with E-state index in [4.69, 9.17) is 9.47 Å². The second kappa shape index (κ2) is 10.7. The second-order valence-corrected chi connectivity index (χ2v) is 10.9. The molecule has 2 unspecified atom stereocenters. The Labute approximate surface area is 224 Å². The van der Waals surface area contributed by atoms with E-state index in [-0.39, 0.29) is 36.5 Å². The van der Waals surface area contributed by atoms with Crippen molar-refractivity contribution in [3.05, 3.63) is 64.7 Å². The number of fused-ring (bicyclic) bond motifs is 3. The minimum Gasteiger partial charge on any atom is -0.493 e. The first kappa shape index (κ1) is 25.3. The summed E-state index contributed by atoms with van der Waals surface area (Å²) >= 11 is 0. The number of benzene rings is 2. The Morgan fingerprint density at radius 2 is 1.76 bits per heavy atom. The average molecular weight is 520 g/mol. The number of hydrogen-bond acceptors (Lipinski definition) is 6. The summed E-state index contributed by atoms with van der Waals surface area (Å²) in [6.45, 7) is 6.03. The molecule has 4 aliphatic heterocycles. The van der Waals surface area contributed by atoms with Crippen LogP contribution in [0.3, 0.4) is 0 Å². The SMILES string of the molecule is CCOc1cc(C(=O)N2C3CCC2COC3)ccc1C(=O)N1CC[C@H](N2CCc3ccccc3C2)[C@@H](O)C1. The standard InChI is InChI=1S/C30H37N3O5/c1-2-38-28-15-21(29(35)33-23-8-9-24(33)19-37-18-23)7-10-25(28)30(36)32-14-12-26(27(34)17-32)31-13-11-20-5-3-4-6-22(20)16-31/h3-7,10,15,23-24,26-27,34H,2,8-9,11-14,16-19H2,1H3/t23?,24?,26-,27-/m0/s1. The van der Waals surface area contributed by atoms with Gasteiger partial charge in [0.05, 0.1) is 43.6 Å². The van der Waals surface area contributed by atoms with Crippen LogP contribution in [0.25, 0.3) is 0 Å². The lowest BCUT2D eigenvalue weighted by Gasteiger charge is -2.43. The number of morpholine rings is 1. The summed E-state index contributed by atoms with van der Waals surface area (Å²) in [4.78, 5) is 33.0. The van der Waals surface area contributed by atoms with E-state index in [1.165, 1.54) is 11.1 Å². The van der Waals surface area contributed by atoms with Crippen LogP contribution in [0.2, 0.25) is 0 Å². The summed E-state index contributed by atoms with van der Waals surface area (Å²) in [5.41, 5.74) is 3.68. The van der Waals surface area contributed by atoms with Crippen LogP contribution in [0.15, 0.2) is 42.5 Å². The molecule has 38 heavy (non-hydrogen) atoms. The summed E-state index contributed by atoms with van der Waals surface area (Å²) in [6, 6.07) is 13.9. The third-order valence-electron chi connectivity index (χ3n) is 8.70. The molecule has 0 saturated carbocycles. The van der Waals surface area contributed by atoms with Crippen LogP contribution >= 0.6 is 0 Å². The number of likely N-dealkylation sites (tertiary alicyclic amines) is 1. The summed E-state index contributed by atoms with van der Waals surface area (Å²) in [7, 11) is 0. The van der Waals surface area contributed by atoms with Crippen LogP contribution in [0.4, 0.5) is 0 Å². The molecule has 0 radical (unpaired) electrons. The van der Waals surface area contributed by atoms with Gasteiger partial charge in [0.15, 0.2) is 0 Å². The summed E-state index contributed by atoms with van der Waals surface area (Å²) in [5.74, 6) is 0.230. The number of piperidine rings is 1. The topological polar surface area (TPSA) is 82.5 Å². The zero-order chi connectivity index (χ0) is 26.2. The molecule has 0 spiro atoms. The fourth-order valence-electron chi connectivity index (χ4n) is 6.72. The van der Waals surface area contributed by atoms with E-state index in [0.717, 1.165) is 38.8 Å². The molecule has 1 N–H and O–H groups in total. The molecule has 202 valence electrons. The maximum absolute atomic E-state index is 13.6. The van der Waals surface area contributed by atoms with Gasteiger partial charge >= 0.3 is 0 Å². The van der Waals surface area contributed by atoms with Crippen molar-refractivity contribution in [2.24, 2.45) is 0 Å². The molecule has 6 rings (SSSR count). The Balaban J connectivity index is 1.15. The molecule has 4 atom stereocenters. The van der Waals surface area contributed by atoms with Crippen molar-refractivity contribution in [2.45, 2.75) is 63.4 Å². The number of nitrogens with zero attached hydrogens (tertiary/aromatic N) is 3. The number of aliphatic hydroxyl groups excluding tert-OH is 1. The predicted molar refractivity (Wildman–Crippen MR) is 142 cm³/mol. The van der Waals surface area contributed by atoms with Crippen molar-refractivity contribution in [3.63, 3.8) is 0 Å². The van der Waals surface area contributed by atoms with Crippen molar-refractivity contribution in [2.75, 3.05) is 39.5 Å². The quantitative estimate of drug-likeness (QED) is 0.654. The Kier molecular flexibility index (Phi) is 7.12. The molecule has 0 aliphatic carbocycles. The zero-order valence-electron chi connectivity index (χ0n) is 22.1. The summed E-state index contributed by atoms with van der Waals surface area (Å²) < 4.78 is 11.5. The first-order valence-electron chi connectivity index (χ1n) is 14.0. The molecular weight excluding hydrogens is 482 g/mol. The number of β-amino-alcohol motifs (C(OH)–C–C–N with tert-alkyl or cyclic N) is 1. The Morgan fingerprint density at radius 1 is 1.00 bits per heavy atom. The first-order valence-corrected chi connectivity index (χ1v) is 14.0. The van der Waals surface area contributed by atoms with Crippen molar-refractivity contribution in [1.29, 1.82) is 0 Å². The normalized spacial score (nSPS) is 27.2. The maximum atomic E-state index is 13.6. The number of ether oxygens (including phenoxy) is 2. The monoisotopic (exact) mass is 519 g/mol. The van der Waals surface area contributed by atoms with Gasteiger partial charge in [0.2, 0.25) is 0 Å². The smallest absolute Gasteiger partial charge is 0.257 e. The van der Waals surface area contributed by atoms with E-state index in [9.17, 15) is 14.7 Å². The summed E-state index contributed by atoms with van der Waals surface area (Å²) in [5, 5.41) is 11.1. The molecule has 2 amide bonds. The largest absolute Gasteiger partial charge is 0.493 e. The molecule has 3 fully saturated rings. The van der Waals surface area contributed by atoms with Gasteiger partial charge in [-0.1, -0.05) is 24.3 Å². The lowest BCUT2D eigenvalue weighted by molar-refractivity contribution is -0.0138. The average Bonchev–Trinajstić information content (AvgIpc) is 3.19. The number of hydrogen-bond donors (Lipinski definition) is 1. The van der Waals surface area contributed by atoms with E-state index >= 15 is 0 Å². The Bertz CT molecular complexity index is 1190. The highest BCUT2D eigenvalue weighted by molar-refractivity contribution is 6.00. The van der Waals surface area contributed by atoms with Crippen LogP contribution < -0.4 is 4.74 Å². The molecule has 4 heterocycles. The predicted octanol–water partition coefficient (Wildman–Crippen LogP) is 2.72. The van der Waals surface area contributed by atoms with Crippen LogP contribution in [0.1, 0.15) is 58.0 Å². The number of aliphatic hydroxyl groups is 1. The Morgan fingerprint density at radius 3 is 2.50 bits per heavy atom. The molecule has 3 saturated heterocycles. The van der Waals surface area contributed by atoms with Gasteiger partial charge in [-0.2, -0.15) is 0 Å². The minimum atomic E-state index is -0.619. The van der Waals surface area contributed by atoms with E-state index < -0.39 is 6.10 Å². The van der Waals surface area contributed by atoms with Crippen LogP contribution in [-0.2, 0) is 17.7 Å². The fourth-order valence-corrected chi connectivity index (χ4v) is 6.72. The van der Waals surface area contributed by atoms with Gasteiger partial charge in [-0.05, 0) is 61.9 Å². The van der Waals surface area contributed by atoms with E-state index in [2.05, 4.69) is 29.2 Å². The van der Waals surface area contributed by atoms with Crippen LogP contribution in [0.5, 0.6) is 5.75 Å². The number of carbonyl (C=O) groups is 2. The lowest BCUT2D eigenvalue weighted by atomic mass is 9.93. The minimum absolute atomic E-state index is 0.0277. The molecule has 8 heteroatoms. The van der Waals surface area contributed by atoms with E-state index in [1.54, 1.807) is 23.1 Å². The van der Waals surface area contributed by atoms with Crippen molar-refractivity contribution < 1.29 is 24.2 Å². The van der Waals surface area contributed by atoms with Crippen LogP contribution in [-0.4, -0.2) is 95.3 Å². The third-order valence-corrected chi connectivity index (χ3v) is 8.70. The van der Waals surface area contributed by atoms with Gasteiger partial charge in [0, 0.05) is 37.8 Å². The maximum Gasteiger partial charge on any atom is 0.257 e. The van der Waals surface area contributed by atoms with E-state index in [0.29, 0.717) is 43.2 Å². The number of carbonyl (C=O) groups excluding carboxylic acids is 2. The van der Waals surface area contributed by atoms with Gasteiger partial charge < -0.3 is 24.4 Å². The third kappa shape index (κ3) is 4.70. The van der Waals surface area contributed by atoms with Gasteiger partial charge in [0.25, 0.3) is 11.8 Å². The van der Waals surface area contributed by atoms with Gasteiger partial charge in [0.1, 0.15) is 5.75 Å². The molecular formula is C30H37N3O5. The van der Waals surface area contributed by atoms with E-state index in [1.807, 2.05) is 11.8 Å².